The third-order valence-corrected chi connectivity index (χ3v) is 5.45. The van der Waals surface area contributed by atoms with Gasteiger partial charge in [0.2, 0.25) is 0 Å². The fourth-order valence-corrected chi connectivity index (χ4v) is 3.71. The van der Waals surface area contributed by atoms with Gasteiger partial charge < -0.3 is 30.1 Å². The minimum atomic E-state index is -0.746. The molecule has 0 fully saturated rings. The molecule has 2 amide bonds. The molecule has 0 spiro atoms. The number of benzene rings is 3. The lowest BCUT2D eigenvalue weighted by Crippen LogP contribution is -2.30. The average Bonchev–Trinajstić information content (AvgIpc) is 2.89. The number of carbonyl (C=O) groups excluding carboxylic acids is 1. The van der Waals surface area contributed by atoms with Crippen molar-refractivity contribution in [2.75, 3.05) is 37.9 Å². The van der Waals surface area contributed by atoms with Crippen LogP contribution in [0.15, 0.2) is 66.9 Å². The molecule has 1 aromatic heterocycles. The highest BCUT2D eigenvalue weighted by Crippen LogP contribution is 2.34. The molecule has 0 saturated heterocycles. The molecule has 4 aromatic rings. The molecule has 0 aliphatic rings. The van der Waals surface area contributed by atoms with Crippen LogP contribution < -0.4 is 20.1 Å². The number of halogens is 2. The number of urea groups is 1. The van der Waals surface area contributed by atoms with Crippen molar-refractivity contribution in [2.24, 2.45) is 0 Å². The number of nitrogens with one attached hydrogen (secondary N) is 2. The number of amides is 2. The Morgan fingerprint density at radius 1 is 1.08 bits per heavy atom. The first kappa shape index (κ1) is 27.3. The van der Waals surface area contributed by atoms with E-state index in [0.29, 0.717) is 28.9 Å². The molecule has 3 N–H and O–H groups in total. The van der Waals surface area contributed by atoms with E-state index in [2.05, 4.69) is 21.7 Å². The van der Waals surface area contributed by atoms with Gasteiger partial charge in [0.15, 0.2) is 0 Å². The number of anilines is 2. The van der Waals surface area contributed by atoms with Crippen LogP contribution in [0.25, 0.3) is 10.9 Å². The Kier molecular flexibility index (Phi) is 8.50. The maximum Gasteiger partial charge on any atom is 0.323 e. The summed E-state index contributed by atoms with van der Waals surface area (Å²) in [5.74, 6) is -0.449. The van der Waals surface area contributed by atoms with Crippen molar-refractivity contribution in [1.82, 2.24) is 9.88 Å². The number of pyridine rings is 1. The van der Waals surface area contributed by atoms with Gasteiger partial charge in [0, 0.05) is 35.9 Å². The molecule has 1 heterocycles. The van der Waals surface area contributed by atoms with Crippen molar-refractivity contribution in [2.45, 2.75) is 6.10 Å². The van der Waals surface area contributed by atoms with Gasteiger partial charge in [-0.1, -0.05) is 0 Å². The summed E-state index contributed by atoms with van der Waals surface area (Å²) in [6, 6.07) is 15.1. The van der Waals surface area contributed by atoms with Crippen molar-refractivity contribution >= 4 is 28.3 Å². The Morgan fingerprint density at radius 2 is 1.85 bits per heavy atom. The van der Waals surface area contributed by atoms with E-state index < -0.39 is 23.8 Å². The van der Waals surface area contributed by atoms with Gasteiger partial charge in [0.05, 0.1) is 16.8 Å². The molecule has 39 heavy (non-hydrogen) atoms. The number of aromatic nitrogens is 1. The Morgan fingerprint density at radius 3 is 2.54 bits per heavy atom. The molecular formula is C28H25F2N5O4. The van der Waals surface area contributed by atoms with Gasteiger partial charge in [-0.05, 0) is 62.6 Å². The number of carbonyl (C=O) groups is 1. The van der Waals surface area contributed by atoms with Crippen LogP contribution in [0.2, 0.25) is 0 Å². The highest BCUT2D eigenvalue weighted by molar-refractivity contribution is 5.99. The third-order valence-electron chi connectivity index (χ3n) is 5.45. The summed E-state index contributed by atoms with van der Waals surface area (Å²) < 4.78 is 39.3. The summed E-state index contributed by atoms with van der Waals surface area (Å²) in [6.07, 6.45) is 0.756. The first-order chi connectivity index (χ1) is 18.7. The number of aliphatic hydroxyl groups is 1. The Hall–Kier alpha value is -4.79. The summed E-state index contributed by atoms with van der Waals surface area (Å²) in [6.45, 7) is 0.394. The fourth-order valence-electron chi connectivity index (χ4n) is 3.71. The number of nitrogens with zero attached hydrogens (tertiary/aromatic N) is 3. The summed E-state index contributed by atoms with van der Waals surface area (Å²) in [5, 5.41) is 25.1. The van der Waals surface area contributed by atoms with Crippen LogP contribution in [-0.2, 0) is 0 Å². The first-order valence-corrected chi connectivity index (χ1v) is 11.8. The van der Waals surface area contributed by atoms with E-state index in [1.54, 1.807) is 18.2 Å². The van der Waals surface area contributed by atoms with Crippen molar-refractivity contribution < 1.29 is 28.2 Å². The van der Waals surface area contributed by atoms with Crippen molar-refractivity contribution in [3.63, 3.8) is 0 Å². The summed E-state index contributed by atoms with van der Waals surface area (Å²) in [4.78, 5) is 18.3. The summed E-state index contributed by atoms with van der Waals surface area (Å²) in [7, 11) is 3.66. The number of aliphatic hydroxyl groups excluding tert-OH is 1. The summed E-state index contributed by atoms with van der Waals surface area (Å²) in [5.41, 5.74) is 0.940. The molecule has 0 bridgehead atoms. The van der Waals surface area contributed by atoms with Gasteiger partial charge in [0.1, 0.15) is 47.7 Å². The number of hydrogen-bond acceptors (Lipinski definition) is 7. The van der Waals surface area contributed by atoms with E-state index in [0.717, 1.165) is 6.07 Å². The maximum absolute atomic E-state index is 14.8. The molecular weight excluding hydrogens is 508 g/mol. The average molecular weight is 534 g/mol. The minimum absolute atomic E-state index is 0.00383. The highest BCUT2D eigenvalue weighted by atomic mass is 19.1. The number of fused-ring (bicyclic) bond motifs is 1. The van der Waals surface area contributed by atoms with Crippen LogP contribution >= 0.6 is 0 Å². The smallest absolute Gasteiger partial charge is 0.323 e. The van der Waals surface area contributed by atoms with Crippen LogP contribution in [0.3, 0.4) is 0 Å². The van der Waals surface area contributed by atoms with Crippen LogP contribution in [0.5, 0.6) is 17.2 Å². The largest absolute Gasteiger partial charge is 0.489 e. The molecule has 0 radical (unpaired) electrons. The van der Waals surface area contributed by atoms with E-state index in [9.17, 15) is 23.9 Å². The number of nitriles is 1. The number of likely N-dealkylation sites (N-methyl/N-ethyl adjacent to an activating group) is 1. The van der Waals surface area contributed by atoms with Crippen molar-refractivity contribution in [3.05, 3.63) is 84.1 Å². The molecule has 3 aromatic carbocycles. The molecule has 9 nitrogen and oxygen atoms in total. The second kappa shape index (κ2) is 12.2. The predicted octanol–water partition coefficient (Wildman–Crippen LogP) is 5.12. The zero-order valence-electron chi connectivity index (χ0n) is 21.1. The van der Waals surface area contributed by atoms with Gasteiger partial charge in [-0.15, -0.1) is 0 Å². The Balaban J connectivity index is 1.48. The molecule has 0 aliphatic carbocycles. The quantitative estimate of drug-likeness (QED) is 0.273. The second-order valence-electron chi connectivity index (χ2n) is 8.84. The van der Waals surface area contributed by atoms with Gasteiger partial charge in [0.25, 0.3) is 0 Å². The first-order valence-electron chi connectivity index (χ1n) is 11.8. The van der Waals surface area contributed by atoms with E-state index >= 15 is 0 Å². The number of ether oxygens (including phenoxy) is 2. The van der Waals surface area contributed by atoms with Gasteiger partial charge >= 0.3 is 6.03 Å². The summed E-state index contributed by atoms with van der Waals surface area (Å²) >= 11 is 0. The fraction of sp³-hybridized carbons (Fsp3) is 0.179. The highest BCUT2D eigenvalue weighted by Gasteiger charge is 2.15. The number of rotatable bonds is 9. The molecule has 0 unspecified atom stereocenters. The molecule has 11 heteroatoms. The zero-order chi connectivity index (χ0) is 27.9. The van der Waals surface area contributed by atoms with Crippen LogP contribution in [0.4, 0.5) is 25.0 Å². The normalized spacial score (nSPS) is 11.6. The number of hydrogen-bond donors (Lipinski definition) is 3. The zero-order valence-corrected chi connectivity index (χ0v) is 21.1. The molecule has 4 rings (SSSR count). The predicted molar refractivity (Wildman–Crippen MR) is 142 cm³/mol. The van der Waals surface area contributed by atoms with E-state index in [-0.39, 0.29) is 29.4 Å². The Bertz CT molecular complexity index is 1520. The van der Waals surface area contributed by atoms with Crippen LogP contribution in [-0.4, -0.2) is 54.4 Å². The third kappa shape index (κ3) is 7.16. The second-order valence-corrected chi connectivity index (χ2v) is 8.84. The van der Waals surface area contributed by atoms with Crippen molar-refractivity contribution in [1.29, 1.82) is 5.26 Å². The van der Waals surface area contributed by atoms with E-state index in [1.807, 2.05) is 19.0 Å². The van der Waals surface area contributed by atoms with Crippen LogP contribution in [0.1, 0.15) is 5.56 Å². The maximum atomic E-state index is 14.8. The lowest BCUT2D eigenvalue weighted by Gasteiger charge is -2.17. The standard InChI is InChI=1S/C28H25F2N5O4/c1-35(2)15-20(36)16-38-27-13-25-22(11-17(27)14-31)26(9-10-32-25)39-21-7-8-24(23(30)12-21)34-28(37)33-19-5-3-18(29)4-6-19/h3-13,20,36H,15-16H2,1-2H3,(H2,33,34,37)/t20-/m1/s1. The minimum Gasteiger partial charge on any atom is -0.489 e. The van der Waals surface area contributed by atoms with E-state index in [4.69, 9.17) is 9.47 Å². The molecule has 0 saturated carbocycles. The SMILES string of the molecule is CN(C)C[C@@H](O)COc1cc2nccc(Oc3ccc(NC(=O)Nc4ccc(F)cc4)c(F)c3)c2cc1C#N. The topological polar surface area (TPSA) is 120 Å². The monoisotopic (exact) mass is 533 g/mol. The van der Waals surface area contributed by atoms with E-state index in [1.165, 1.54) is 42.6 Å². The van der Waals surface area contributed by atoms with Gasteiger partial charge in [-0.25, -0.2) is 13.6 Å². The van der Waals surface area contributed by atoms with Gasteiger partial charge in [-0.3, -0.25) is 4.98 Å². The van der Waals surface area contributed by atoms with Gasteiger partial charge in [-0.2, -0.15) is 5.26 Å². The lowest BCUT2D eigenvalue weighted by molar-refractivity contribution is 0.0830. The molecule has 0 aliphatic heterocycles. The van der Waals surface area contributed by atoms with Crippen molar-refractivity contribution in [3.8, 4) is 23.3 Å². The lowest BCUT2D eigenvalue weighted by atomic mass is 10.1. The van der Waals surface area contributed by atoms with Crippen LogP contribution in [0, 0.1) is 23.0 Å². The molecule has 1 atom stereocenters. The molecule has 200 valence electrons. The Labute approximate surface area is 223 Å².